The van der Waals surface area contributed by atoms with Crippen molar-refractivity contribution >= 4 is 35.5 Å². The van der Waals surface area contributed by atoms with Gasteiger partial charge in [0.15, 0.2) is 6.29 Å². The van der Waals surface area contributed by atoms with Crippen LogP contribution in [0.5, 0.6) is 0 Å². The summed E-state index contributed by atoms with van der Waals surface area (Å²) in [6.07, 6.45) is 4.83. The largest absolute Gasteiger partial charge is 0.383 e. The molecule has 0 unspecified atom stereocenters. The van der Waals surface area contributed by atoms with Gasteiger partial charge in [0.25, 0.3) is 0 Å². The fraction of sp³-hybridized carbons (Fsp3) is 0.481. The summed E-state index contributed by atoms with van der Waals surface area (Å²) in [6.45, 7) is 2.76. The van der Waals surface area contributed by atoms with Crippen LogP contribution in [0.2, 0.25) is 0 Å². The Kier molecular flexibility index (Phi) is 9.40. The van der Waals surface area contributed by atoms with E-state index in [1.54, 1.807) is 25.1 Å². The van der Waals surface area contributed by atoms with E-state index in [0.29, 0.717) is 87.5 Å². The van der Waals surface area contributed by atoms with Crippen molar-refractivity contribution in [1.82, 2.24) is 14.9 Å². The SMILES string of the molecule is COCCNc1cc(NC(=O)N2CCCc3cc(CN(C)C(=O)C4CCOCC4)c(C=O)nc32)ncc1C#N. The van der Waals surface area contributed by atoms with Crippen LogP contribution in [0, 0.1) is 17.2 Å². The molecule has 2 aliphatic rings. The zero-order valence-corrected chi connectivity index (χ0v) is 22.2. The molecule has 0 bridgehead atoms. The number of carbonyl (C=O) groups is 3. The van der Waals surface area contributed by atoms with Gasteiger partial charge in [-0.1, -0.05) is 0 Å². The third kappa shape index (κ3) is 6.68. The predicted molar refractivity (Wildman–Crippen MR) is 144 cm³/mol. The van der Waals surface area contributed by atoms with Crippen molar-refractivity contribution in [3.8, 4) is 6.07 Å². The zero-order valence-electron chi connectivity index (χ0n) is 22.2. The molecule has 4 heterocycles. The number of methoxy groups -OCH3 is 1. The van der Waals surface area contributed by atoms with Gasteiger partial charge in [0, 0.05) is 70.8 Å². The highest BCUT2D eigenvalue weighted by Crippen LogP contribution is 2.29. The van der Waals surface area contributed by atoms with Crippen molar-refractivity contribution in [2.45, 2.75) is 32.2 Å². The summed E-state index contributed by atoms with van der Waals surface area (Å²) in [5.41, 5.74) is 2.55. The minimum absolute atomic E-state index is 0.0277. The van der Waals surface area contributed by atoms with Crippen LogP contribution >= 0.6 is 0 Å². The molecule has 1 fully saturated rings. The standard InChI is InChI=1S/C27H33N7O5/c1-33(26(36)18-5-9-39-10-6-18)16-20-12-19-4-3-8-34(25(19)31-23(20)17-35)27(37)32-24-13-22(29-7-11-38-2)21(14-28)15-30-24/h12-13,15,17-18H,3-11,16H2,1-2H3,(H2,29,30,32,37). The van der Waals surface area contributed by atoms with E-state index in [-0.39, 0.29) is 29.9 Å². The van der Waals surface area contributed by atoms with E-state index in [1.807, 2.05) is 6.07 Å². The molecule has 3 amide bonds. The second-order valence-corrected chi connectivity index (χ2v) is 9.55. The maximum atomic E-state index is 13.3. The van der Waals surface area contributed by atoms with Crippen LogP contribution in [0.15, 0.2) is 18.3 Å². The minimum Gasteiger partial charge on any atom is -0.383 e. The lowest BCUT2D eigenvalue weighted by Crippen LogP contribution is -2.40. The van der Waals surface area contributed by atoms with Gasteiger partial charge in [-0.3, -0.25) is 19.8 Å². The van der Waals surface area contributed by atoms with Crippen LogP contribution in [0.25, 0.3) is 0 Å². The topological polar surface area (TPSA) is 150 Å². The van der Waals surface area contributed by atoms with Crippen molar-refractivity contribution in [2.24, 2.45) is 5.92 Å². The number of aromatic nitrogens is 2. The Morgan fingerprint density at radius 2 is 2.13 bits per heavy atom. The molecule has 39 heavy (non-hydrogen) atoms. The summed E-state index contributed by atoms with van der Waals surface area (Å²) >= 11 is 0. The maximum Gasteiger partial charge on any atom is 0.328 e. The lowest BCUT2D eigenvalue weighted by Gasteiger charge is -2.30. The summed E-state index contributed by atoms with van der Waals surface area (Å²) in [5.74, 6) is 0.626. The number of aldehydes is 1. The fourth-order valence-electron chi connectivity index (χ4n) is 4.80. The first kappa shape index (κ1) is 27.9. The van der Waals surface area contributed by atoms with Crippen LogP contribution in [0.1, 0.15) is 46.4 Å². The third-order valence-electron chi connectivity index (χ3n) is 6.87. The van der Waals surface area contributed by atoms with Gasteiger partial charge >= 0.3 is 6.03 Å². The molecule has 1 saturated heterocycles. The second kappa shape index (κ2) is 13.1. The third-order valence-corrected chi connectivity index (χ3v) is 6.87. The van der Waals surface area contributed by atoms with Crippen LogP contribution in [0.4, 0.5) is 22.1 Å². The summed E-state index contributed by atoms with van der Waals surface area (Å²) in [6, 6.07) is 5.09. The maximum absolute atomic E-state index is 13.3. The molecule has 0 aliphatic carbocycles. The Morgan fingerprint density at radius 3 is 2.85 bits per heavy atom. The van der Waals surface area contributed by atoms with E-state index in [1.165, 1.54) is 11.1 Å². The normalized spacial score (nSPS) is 15.2. The molecular formula is C27H33N7O5. The number of amides is 3. The van der Waals surface area contributed by atoms with E-state index >= 15 is 0 Å². The van der Waals surface area contributed by atoms with Crippen molar-refractivity contribution in [2.75, 3.05) is 62.6 Å². The molecule has 0 saturated carbocycles. The van der Waals surface area contributed by atoms with Gasteiger partial charge in [-0.15, -0.1) is 0 Å². The number of pyridine rings is 2. The lowest BCUT2D eigenvalue weighted by molar-refractivity contribution is -0.137. The van der Waals surface area contributed by atoms with Gasteiger partial charge in [0.05, 0.1) is 17.9 Å². The van der Waals surface area contributed by atoms with E-state index in [0.717, 1.165) is 5.56 Å². The molecular weight excluding hydrogens is 502 g/mol. The minimum atomic E-state index is -0.445. The molecule has 2 N–H and O–H groups in total. The summed E-state index contributed by atoms with van der Waals surface area (Å²) in [5, 5.41) is 15.2. The number of hydrogen-bond donors (Lipinski definition) is 2. The second-order valence-electron chi connectivity index (χ2n) is 9.55. The van der Waals surface area contributed by atoms with Crippen molar-refractivity contribution in [1.29, 1.82) is 5.26 Å². The Morgan fingerprint density at radius 1 is 1.33 bits per heavy atom. The molecule has 0 radical (unpaired) electrons. The first-order valence-corrected chi connectivity index (χ1v) is 13.0. The van der Waals surface area contributed by atoms with Crippen LogP contribution in [-0.2, 0) is 27.2 Å². The number of nitriles is 1. The van der Waals surface area contributed by atoms with Crippen molar-refractivity contribution in [3.05, 3.63) is 40.7 Å². The number of hydrogen-bond acceptors (Lipinski definition) is 9. The molecule has 2 aromatic heterocycles. The quantitative estimate of drug-likeness (QED) is 0.365. The number of aryl methyl sites for hydroxylation is 1. The zero-order chi connectivity index (χ0) is 27.8. The summed E-state index contributed by atoms with van der Waals surface area (Å²) in [4.78, 5) is 50.0. The number of anilines is 3. The number of nitrogens with zero attached hydrogens (tertiary/aromatic N) is 5. The highest BCUT2D eigenvalue weighted by atomic mass is 16.5. The predicted octanol–water partition coefficient (Wildman–Crippen LogP) is 2.59. The van der Waals surface area contributed by atoms with Crippen molar-refractivity contribution < 1.29 is 23.9 Å². The first-order chi connectivity index (χ1) is 18.9. The Bertz CT molecular complexity index is 1260. The van der Waals surface area contributed by atoms with Crippen LogP contribution < -0.4 is 15.5 Å². The van der Waals surface area contributed by atoms with Gasteiger partial charge in [0.2, 0.25) is 5.91 Å². The molecule has 2 aromatic rings. The number of rotatable bonds is 9. The summed E-state index contributed by atoms with van der Waals surface area (Å²) < 4.78 is 10.4. The molecule has 0 spiro atoms. The van der Waals surface area contributed by atoms with Crippen molar-refractivity contribution in [3.63, 3.8) is 0 Å². The van der Waals surface area contributed by atoms with Crippen LogP contribution in [-0.4, -0.2) is 80.2 Å². The Hall–Kier alpha value is -4.08. The number of fused-ring (bicyclic) bond motifs is 1. The highest BCUT2D eigenvalue weighted by molar-refractivity contribution is 6.01. The molecule has 0 aromatic carbocycles. The molecule has 12 heteroatoms. The number of carbonyl (C=O) groups excluding carboxylic acids is 3. The average Bonchev–Trinajstić information content (AvgIpc) is 2.96. The number of urea groups is 1. The van der Waals surface area contributed by atoms with Gasteiger partial charge in [-0.25, -0.2) is 14.8 Å². The van der Waals surface area contributed by atoms with Gasteiger partial charge in [-0.05, 0) is 37.3 Å². The summed E-state index contributed by atoms with van der Waals surface area (Å²) in [7, 11) is 3.31. The van der Waals surface area contributed by atoms with Gasteiger partial charge in [-0.2, -0.15) is 5.26 Å². The molecule has 12 nitrogen and oxygen atoms in total. The highest BCUT2D eigenvalue weighted by Gasteiger charge is 2.28. The first-order valence-electron chi connectivity index (χ1n) is 13.0. The van der Waals surface area contributed by atoms with E-state index in [4.69, 9.17) is 9.47 Å². The van der Waals surface area contributed by atoms with Gasteiger partial charge < -0.3 is 19.7 Å². The van der Waals surface area contributed by atoms with E-state index in [2.05, 4.69) is 26.7 Å². The monoisotopic (exact) mass is 535 g/mol. The molecule has 0 atom stereocenters. The molecule has 4 rings (SSSR count). The number of ether oxygens (including phenoxy) is 2. The van der Waals surface area contributed by atoms with E-state index in [9.17, 15) is 19.6 Å². The fourth-order valence-corrected chi connectivity index (χ4v) is 4.80. The number of nitrogens with one attached hydrogen (secondary N) is 2. The van der Waals surface area contributed by atoms with Gasteiger partial charge in [0.1, 0.15) is 23.4 Å². The van der Waals surface area contributed by atoms with E-state index < -0.39 is 6.03 Å². The molecule has 2 aliphatic heterocycles. The molecule has 206 valence electrons. The average molecular weight is 536 g/mol. The Labute approximate surface area is 227 Å². The lowest BCUT2D eigenvalue weighted by atomic mass is 9.98. The van der Waals surface area contributed by atoms with Crippen LogP contribution in [0.3, 0.4) is 0 Å². The smallest absolute Gasteiger partial charge is 0.328 e. The Balaban J connectivity index is 1.51.